The lowest BCUT2D eigenvalue weighted by atomic mass is 10.1. The second-order valence-electron chi connectivity index (χ2n) is 3.73. The lowest BCUT2D eigenvalue weighted by Crippen LogP contribution is -1.92. The molecule has 1 aromatic carbocycles. The normalized spacial score (nSPS) is 10.3. The zero-order valence-electron chi connectivity index (χ0n) is 9.11. The van der Waals surface area contributed by atoms with Gasteiger partial charge in [0.05, 0.1) is 0 Å². The smallest absolute Gasteiger partial charge is 0.107 e. The molecule has 0 radical (unpaired) electrons. The summed E-state index contributed by atoms with van der Waals surface area (Å²) < 4.78 is 0. The summed E-state index contributed by atoms with van der Waals surface area (Å²) in [6.07, 6.45) is 3.64. The van der Waals surface area contributed by atoms with Gasteiger partial charge in [-0.15, -0.1) is 0 Å². The first-order valence-corrected chi connectivity index (χ1v) is 5.49. The Morgan fingerprint density at radius 1 is 1.12 bits per heavy atom. The monoisotopic (exact) mass is 216 g/mol. The van der Waals surface area contributed by atoms with E-state index in [1.165, 1.54) is 5.56 Å². The molecule has 1 heterocycles. The van der Waals surface area contributed by atoms with Crippen LogP contribution in [0.1, 0.15) is 12.0 Å². The largest absolute Gasteiger partial charge is 0.396 e. The van der Waals surface area contributed by atoms with Crippen LogP contribution in [-0.2, 0) is 6.42 Å². The van der Waals surface area contributed by atoms with Crippen molar-refractivity contribution in [3.63, 3.8) is 0 Å². The topological polar surface area (TPSA) is 48.0 Å². The summed E-state index contributed by atoms with van der Waals surface area (Å²) in [4.78, 5) is 3.09. The van der Waals surface area contributed by atoms with Gasteiger partial charge >= 0.3 is 0 Å². The molecule has 1 aromatic heterocycles. The first kappa shape index (κ1) is 10.8. The molecular formula is C13H16N2O. The van der Waals surface area contributed by atoms with E-state index >= 15 is 0 Å². The maximum atomic E-state index is 8.74. The number of aliphatic hydroxyl groups is 1. The Kier molecular flexibility index (Phi) is 3.62. The number of hydrogen-bond donors (Lipinski definition) is 3. The van der Waals surface area contributed by atoms with Crippen molar-refractivity contribution >= 4 is 11.5 Å². The fourth-order valence-electron chi connectivity index (χ4n) is 1.60. The third-order valence-corrected chi connectivity index (χ3v) is 2.45. The Balaban J connectivity index is 1.96. The summed E-state index contributed by atoms with van der Waals surface area (Å²) in [6.45, 7) is 0.252. The van der Waals surface area contributed by atoms with Crippen LogP contribution in [0.25, 0.3) is 0 Å². The second-order valence-corrected chi connectivity index (χ2v) is 3.73. The molecule has 0 saturated carbocycles. The minimum atomic E-state index is 0.252. The second kappa shape index (κ2) is 5.37. The highest BCUT2D eigenvalue weighted by Crippen LogP contribution is 2.15. The third kappa shape index (κ3) is 2.87. The molecule has 0 aliphatic heterocycles. The van der Waals surface area contributed by atoms with Crippen LogP contribution in [0.5, 0.6) is 0 Å². The van der Waals surface area contributed by atoms with Gasteiger partial charge < -0.3 is 15.4 Å². The quantitative estimate of drug-likeness (QED) is 0.719. The molecule has 2 rings (SSSR count). The summed E-state index contributed by atoms with van der Waals surface area (Å²) in [7, 11) is 0. The fraction of sp³-hybridized carbons (Fsp3) is 0.231. The molecule has 84 valence electrons. The van der Waals surface area contributed by atoms with E-state index in [0.29, 0.717) is 0 Å². The number of benzene rings is 1. The molecule has 0 fully saturated rings. The van der Waals surface area contributed by atoms with Gasteiger partial charge in [-0.1, -0.05) is 12.1 Å². The Hall–Kier alpha value is -1.74. The molecule has 0 unspecified atom stereocenters. The highest BCUT2D eigenvalue weighted by molar-refractivity contribution is 5.56. The predicted molar refractivity (Wildman–Crippen MR) is 65.9 cm³/mol. The van der Waals surface area contributed by atoms with Crippen molar-refractivity contribution in [3.8, 4) is 0 Å². The molecule has 2 aromatic rings. The van der Waals surface area contributed by atoms with Crippen LogP contribution >= 0.6 is 0 Å². The Bertz CT molecular complexity index is 406. The average Bonchev–Trinajstić information content (AvgIpc) is 2.81. The van der Waals surface area contributed by atoms with Crippen LogP contribution in [-0.4, -0.2) is 16.7 Å². The lowest BCUT2D eigenvalue weighted by molar-refractivity contribution is 0.288. The molecule has 0 aliphatic carbocycles. The maximum absolute atomic E-state index is 8.74. The van der Waals surface area contributed by atoms with Gasteiger partial charge in [0.25, 0.3) is 0 Å². The van der Waals surface area contributed by atoms with Crippen LogP contribution in [0, 0.1) is 0 Å². The van der Waals surface area contributed by atoms with E-state index < -0.39 is 0 Å². The standard InChI is InChI=1S/C13H16N2O/c16-10-2-3-11-5-7-12(8-6-11)15-13-4-1-9-14-13/h1,4-9,14-16H,2-3,10H2. The van der Waals surface area contributed by atoms with Crippen molar-refractivity contribution < 1.29 is 5.11 Å². The van der Waals surface area contributed by atoms with E-state index in [2.05, 4.69) is 22.4 Å². The van der Waals surface area contributed by atoms with Crippen LogP contribution < -0.4 is 5.32 Å². The highest BCUT2D eigenvalue weighted by atomic mass is 16.2. The first-order chi connectivity index (χ1) is 7.88. The van der Waals surface area contributed by atoms with Crippen molar-refractivity contribution in [1.82, 2.24) is 4.98 Å². The molecule has 16 heavy (non-hydrogen) atoms. The van der Waals surface area contributed by atoms with Gasteiger partial charge in [-0.2, -0.15) is 0 Å². The molecule has 3 nitrogen and oxygen atoms in total. The number of aryl methyl sites for hydroxylation is 1. The lowest BCUT2D eigenvalue weighted by Gasteiger charge is -2.05. The van der Waals surface area contributed by atoms with Gasteiger partial charge in [-0.05, 0) is 42.7 Å². The van der Waals surface area contributed by atoms with Crippen molar-refractivity contribution in [2.45, 2.75) is 12.8 Å². The van der Waals surface area contributed by atoms with Crippen LogP contribution in [0.15, 0.2) is 42.6 Å². The molecular weight excluding hydrogens is 200 g/mol. The SMILES string of the molecule is OCCCc1ccc(Nc2ccc[nH]2)cc1. The highest BCUT2D eigenvalue weighted by Gasteiger charge is 1.96. The number of H-pyrrole nitrogens is 1. The summed E-state index contributed by atoms with van der Waals surface area (Å²) in [5.41, 5.74) is 2.32. The van der Waals surface area contributed by atoms with E-state index in [0.717, 1.165) is 24.3 Å². The summed E-state index contributed by atoms with van der Waals surface area (Å²) in [5, 5.41) is 12.0. The number of nitrogens with one attached hydrogen (secondary N) is 2. The van der Waals surface area contributed by atoms with Crippen molar-refractivity contribution in [2.24, 2.45) is 0 Å². The molecule has 0 aliphatic rings. The number of aliphatic hydroxyl groups excluding tert-OH is 1. The van der Waals surface area contributed by atoms with E-state index in [9.17, 15) is 0 Å². The van der Waals surface area contributed by atoms with Crippen molar-refractivity contribution in [1.29, 1.82) is 0 Å². The van der Waals surface area contributed by atoms with Gasteiger partial charge in [0.2, 0.25) is 0 Å². The number of rotatable bonds is 5. The summed E-state index contributed by atoms with van der Waals surface area (Å²) in [6, 6.07) is 12.2. The predicted octanol–water partition coefficient (Wildman–Crippen LogP) is 2.68. The Labute approximate surface area is 95.1 Å². The van der Waals surface area contributed by atoms with Crippen molar-refractivity contribution in [3.05, 3.63) is 48.2 Å². The molecule has 0 saturated heterocycles. The molecule has 0 bridgehead atoms. The zero-order valence-corrected chi connectivity index (χ0v) is 9.11. The average molecular weight is 216 g/mol. The van der Waals surface area contributed by atoms with E-state index in [4.69, 9.17) is 5.11 Å². The summed E-state index contributed by atoms with van der Waals surface area (Å²) >= 11 is 0. The molecule has 0 atom stereocenters. The van der Waals surface area contributed by atoms with Crippen molar-refractivity contribution in [2.75, 3.05) is 11.9 Å². The zero-order chi connectivity index (χ0) is 11.2. The maximum Gasteiger partial charge on any atom is 0.107 e. The van der Waals surface area contributed by atoms with Crippen LogP contribution in [0.2, 0.25) is 0 Å². The number of hydrogen-bond acceptors (Lipinski definition) is 2. The Morgan fingerprint density at radius 2 is 1.94 bits per heavy atom. The van der Waals surface area contributed by atoms with Crippen LogP contribution in [0.4, 0.5) is 11.5 Å². The van der Waals surface area contributed by atoms with E-state index in [-0.39, 0.29) is 6.61 Å². The van der Waals surface area contributed by atoms with Gasteiger partial charge in [0, 0.05) is 18.5 Å². The minimum Gasteiger partial charge on any atom is -0.396 e. The van der Waals surface area contributed by atoms with E-state index in [1.807, 2.05) is 30.5 Å². The first-order valence-electron chi connectivity index (χ1n) is 5.49. The van der Waals surface area contributed by atoms with Gasteiger partial charge in [0.15, 0.2) is 0 Å². The van der Waals surface area contributed by atoms with Gasteiger partial charge in [-0.3, -0.25) is 0 Å². The number of aromatic amines is 1. The Morgan fingerprint density at radius 3 is 2.56 bits per heavy atom. The fourth-order valence-corrected chi connectivity index (χ4v) is 1.60. The summed E-state index contributed by atoms with van der Waals surface area (Å²) in [5.74, 6) is 0.989. The molecule has 0 amide bonds. The number of anilines is 2. The molecule has 3 N–H and O–H groups in total. The third-order valence-electron chi connectivity index (χ3n) is 2.45. The van der Waals surface area contributed by atoms with Gasteiger partial charge in [0.1, 0.15) is 5.82 Å². The van der Waals surface area contributed by atoms with Gasteiger partial charge in [-0.25, -0.2) is 0 Å². The minimum absolute atomic E-state index is 0.252. The van der Waals surface area contributed by atoms with Crippen LogP contribution in [0.3, 0.4) is 0 Å². The molecule has 0 spiro atoms. The molecule has 3 heteroatoms. The number of aromatic nitrogens is 1. The van der Waals surface area contributed by atoms with E-state index in [1.54, 1.807) is 0 Å².